The highest BCUT2D eigenvalue weighted by Crippen LogP contribution is 2.31. The fourth-order valence-corrected chi connectivity index (χ4v) is 3.12. The predicted molar refractivity (Wildman–Crippen MR) is 119 cm³/mol. The molecule has 0 saturated heterocycles. The molecule has 0 aliphatic carbocycles. The number of fused-ring (bicyclic) bond motifs is 1. The minimum Gasteiger partial charge on any atom is -0.504 e. The molecular formula is C21H18N6O6. The van der Waals surface area contributed by atoms with Crippen LogP contribution in [-0.2, 0) is 0 Å². The molecule has 0 atom stereocenters. The standard InChI is InChI=1S/C21H18N6O6/c28-17-3-1-2-14(20(17)29)21(30)23-11-10-22-12-4-6-13(7-5-12)24-15-8-9-16(27(31)32)19-18(15)25-33-26-19/h1-9,22,24,28-29H,10-11H2,(H,23,30). The number of phenols is 2. The van der Waals surface area contributed by atoms with Crippen LogP contribution < -0.4 is 16.0 Å². The molecule has 4 aromatic rings. The number of hydrogen-bond acceptors (Lipinski definition) is 10. The molecule has 0 aliphatic heterocycles. The molecule has 3 aromatic carbocycles. The van der Waals surface area contributed by atoms with Crippen LogP contribution >= 0.6 is 0 Å². The topological polar surface area (TPSA) is 176 Å². The van der Waals surface area contributed by atoms with Gasteiger partial charge in [0.2, 0.25) is 5.52 Å². The summed E-state index contributed by atoms with van der Waals surface area (Å²) in [5, 5.41) is 46.6. The second-order valence-corrected chi connectivity index (χ2v) is 6.91. The van der Waals surface area contributed by atoms with Gasteiger partial charge in [-0.05, 0) is 52.8 Å². The lowest BCUT2D eigenvalue weighted by molar-refractivity contribution is -0.383. The molecule has 0 spiro atoms. The first-order valence-electron chi connectivity index (χ1n) is 9.74. The van der Waals surface area contributed by atoms with Gasteiger partial charge in [-0.3, -0.25) is 14.9 Å². The lowest BCUT2D eigenvalue weighted by Gasteiger charge is -2.11. The number of non-ortho nitro benzene ring substituents is 1. The molecule has 0 radical (unpaired) electrons. The first-order valence-corrected chi connectivity index (χ1v) is 9.74. The monoisotopic (exact) mass is 450 g/mol. The lowest BCUT2D eigenvalue weighted by atomic mass is 10.1. The van der Waals surface area contributed by atoms with Gasteiger partial charge < -0.3 is 26.2 Å². The Labute approximate surface area is 186 Å². The summed E-state index contributed by atoms with van der Waals surface area (Å²) in [6.07, 6.45) is 0. The van der Waals surface area contributed by atoms with Crippen molar-refractivity contribution < 1.29 is 24.6 Å². The van der Waals surface area contributed by atoms with Crippen molar-refractivity contribution in [1.82, 2.24) is 15.6 Å². The van der Waals surface area contributed by atoms with Gasteiger partial charge in [-0.15, -0.1) is 0 Å². The van der Waals surface area contributed by atoms with E-state index in [2.05, 4.69) is 30.9 Å². The Hall–Kier alpha value is -4.87. The number of carbonyl (C=O) groups is 1. The summed E-state index contributed by atoms with van der Waals surface area (Å²) in [4.78, 5) is 22.6. The smallest absolute Gasteiger partial charge is 0.300 e. The summed E-state index contributed by atoms with van der Waals surface area (Å²) in [7, 11) is 0. The van der Waals surface area contributed by atoms with Gasteiger partial charge in [0.1, 0.15) is 0 Å². The van der Waals surface area contributed by atoms with E-state index in [9.17, 15) is 25.1 Å². The van der Waals surface area contributed by atoms with Crippen molar-refractivity contribution in [3.8, 4) is 11.5 Å². The van der Waals surface area contributed by atoms with Gasteiger partial charge in [-0.2, -0.15) is 0 Å². The highest BCUT2D eigenvalue weighted by atomic mass is 16.6. The van der Waals surface area contributed by atoms with Crippen LogP contribution in [0.1, 0.15) is 10.4 Å². The lowest BCUT2D eigenvalue weighted by Crippen LogP contribution is -2.28. The molecule has 0 bridgehead atoms. The molecule has 1 heterocycles. The number of para-hydroxylation sites is 1. The Morgan fingerprint density at radius 1 is 0.970 bits per heavy atom. The summed E-state index contributed by atoms with van der Waals surface area (Å²) in [6.45, 7) is 0.708. The Bertz CT molecular complexity index is 1320. The quantitative estimate of drug-likeness (QED) is 0.116. The fraction of sp³-hybridized carbons (Fsp3) is 0.0952. The van der Waals surface area contributed by atoms with Crippen molar-refractivity contribution in [2.75, 3.05) is 23.7 Å². The first kappa shape index (κ1) is 21.4. The molecule has 0 aliphatic rings. The third kappa shape index (κ3) is 4.58. The number of rotatable bonds is 8. The number of phenolic OH excluding ortho intramolecular Hbond substituents is 2. The normalized spacial score (nSPS) is 10.7. The van der Waals surface area contributed by atoms with Crippen LogP contribution in [0.2, 0.25) is 0 Å². The highest BCUT2D eigenvalue weighted by Gasteiger charge is 2.19. The van der Waals surface area contributed by atoms with Crippen molar-refractivity contribution in [3.05, 3.63) is 70.3 Å². The fourth-order valence-electron chi connectivity index (χ4n) is 3.12. The van der Waals surface area contributed by atoms with E-state index < -0.39 is 16.6 Å². The van der Waals surface area contributed by atoms with Gasteiger partial charge >= 0.3 is 5.69 Å². The molecule has 1 amide bonds. The van der Waals surface area contributed by atoms with Crippen molar-refractivity contribution in [1.29, 1.82) is 0 Å². The average Bonchev–Trinajstić information content (AvgIpc) is 3.30. The number of hydrogen-bond donors (Lipinski definition) is 5. The number of aromatic nitrogens is 2. The van der Waals surface area contributed by atoms with E-state index in [1.807, 2.05) is 12.1 Å². The van der Waals surface area contributed by atoms with Gasteiger partial charge in [-0.1, -0.05) is 6.07 Å². The number of benzene rings is 3. The Kier molecular flexibility index (Phi) is 5.89. The van der Waals surface area contributed by atoms with Gasteiger partial charge in [0.15, 0.2) is 17.0 Å². The summed E-state index contributed by atoms with van der Waals surface area (Å²) >= 11 is 0. The zero-order valence-corrected chi connectivity index (χ0v) is 17.0. The van der Waals surface area contributed by atoms with E-state index in [1.54, 1.807) is 12.1 Å². The van der Waals surface area contributed by atoms with Crippen LogP contribution in [-0.4, -0.2) is 44.4 Å². The van der Waals surface area contributed by atoms with Crippen LogP contribution in [0, 0.1) is 10.1 Å². The van der Waals surface area contributed by atoms with E-state index in [0.717, 1.165) is 5.69 Å². The zero-order valence-electron chi connectivity index (χ0n) is 17.0. The van der Waals surface area contributed by atoms with Crippen molar-refractivity contribution in [2.24, 2.45) is 0 Å². The number of amides is 1. The van der Waals surface area contributed by atoms with Crippen LogP contribution in [0.15, 0.2) is 59.2 Å². The number of nitrogens with zero attached hydrogens (tertiary/aromatic N) is 3. The molecular weight excluding hydrogens is 432 g/mol. The molecule has 33 heavy (non-hydrogen) atoms. The van der Waals surface area contributed by atoms with Gasteiger partial charge in [0.25, 0.3) is 5.91 Å². The van der Waals surface area contributed by atoms with E-state index in [-0.39, 0.29) is 34.6 Å². The van der Waals surface area contributed by atoms with Crippen LogP contribution in [0.5, 0.6) is 11.5 Å². The molecule has 12 heteroatoms. The number of nitro benzene ring substituents is 1. The maximum Gasteiger partial charge on any atom is 0.300 e. The summed E-state index contributed by atoms with van der Waals surface area (Å²) in [6, 6.07) is 14.3. The van der Waals surface area contributed by atoms with Gasteiger partial charge in [0.05, 0.1) is 16.2 Å². The Morgan fingerprint density at radius 3 is 2.45 bits per heavy atom. The van der Waals surface area contributed by atoms with Crippen LogP contribution in [0.3, 0.4) is 0 Å². The van der Waals surface area contributed by atoms with E-state index in [0.29, 0.717) is 17.9 Å². The third-order valence-electron chi connectivity index (χ3n) is 4.75. The second-order valence-electron chi connectivity index (χ2n) is 6.91. The van der Waals surface area contributed by atoms with E-state index >= 15 is 0 Å². The predicted octanol–water partition coefficient (Wildman–Crippen LogP) is 3.13. The van der Waals surface area contributed by atoms with Crippen molar-refractivity contribution in [3.63, 3.8) is 0 Å². The molecule has 1 aromatic heterocycles. The third-order valence-corrected chi connectivity index (χ3v) is 4.75. The molecule has 12 nitrogen and oxygen atoms in total. The summed E-state index contributed by atoms with van der Waals surface area (Å²) in [5.74, 6) is -1.32. The molecule has 168 valence electrons. The highest BCUT2D eigenvalue weighted by molar-refractivity contribution is 5.97. The average molecular weight is 450 g/mol. The van der Waals surface area contributed by atoms with Crippen LogP contribution in [0.4, 0.5) is 22.7 Å². The van der Waals surface area contributed by atoms with Gasteiger partial charge in [-0.25, -0.2) is 4.63 Å². The zero-order chi connectivity index (χ0) is 23.4. The molecule has 0 saturated carbocycles. The number of anilines is 3. The maximum absolute atomic E-state index is 12.1. The number of carbonyl (C=O) groups excluding carboxylic acids is 1. The first-order chi connectivity index (χ1) is 15.9. The molecule has 0 unspecified atom stereocenters. The Balaban J connectivity index is 1.32. The van der Waals surface area contributed by atoms with E-state index in [1.165, 1.54) is 30.3 Å². The van der Waals surface area contributed by atoms with Crippen molar-refractivity contribution >= 4 is 39.7 Å². The van der Waals surface area contributed by atoms with E-state index in [4.69, 9.17) is 0 Å². The minimum absolute atomic E-state index is 0.00640. The summed E-state index contributed by atoms with van der Waals surface area (Å²) < 4.78 is 4.65. The number of nitrogens with one attached hydrogen (secondary N) is 3. The van der Waals surface area contributed by atoms with Crippen molar-refractivity contribution in [2.45, 2.75) is 0 Å². The molecule has 5 N–H and O–H groups in total. The maximum atomic E-state index is 12.1. The summed E-state index contributed by atoms with van der Waals surface area (Å²) in [5.41, 5.74) is 2.13. The molecule has 4 rings (SSSR count). The SMILES string of the molecule is O=C(NCCNc1ccc(Nc2ccc([N+](=O)[O-])c3nonc23)cc1)c1cccc(O)c1O. The number of aromatic hydroxyl groups is 2. The second kappa shape index (κ2) is 9.09. The number of nitro groups is 1. The minimum atomic E-state index is -0.550. The van der Waals surface area contributed by atoms with Gasteiger partial charge in [0, 0.05) is 30.5 Å². The Morgan fingerprint density at radius 2 is 1.70 bits per heavy atom. The largest absolute Gasteiger partial charge is 0.504 e. The van der Waals surface area contributed by atoms with Crippen LogP contribution in [0.25, 0.3) is 11.0 Å². The molecule has 0 fully saturated rings.